The van der Waals surface area contributed by atoms with Crippen LogP contribution in [0.3, 0.4) is 0 Å². The molecule has 1 saturated heterocycles. The second-order valence-corrected chi connectivity index (χ2v) is 7.26. The summed E-state index contributed by atoms with van der Waals surface area (Å²) in [6, 6.07) is 0.0799. The number of aromatic nitrogens is 4. The van der Waals surface area contributed by atoms with Gasteiger partial charge in [0, 0.05) is 24.5 Å². The fraction of sp³-hybridized carbons (Fsp3) is 0.556. The van der Waals surface area contributed by atoms with Crippen molar-refractivity contribution in [2.45, 2.75) is 38.8 Å². The highest BCUT2D eigenvalue weighted by Crippen LogP contribution is 2.34. The molecule has 4 rings (SSSR count). The van der Waals surface area contributed by atoms with E-state index in [9.17, 15) is 0 Å². The zero-order chi connectivity index (χ0) is 19.0. The molecule has 2 aliphatic rings. The Labute approximate surface area is 156 Å². The van der Waals surface area contributed by atoms with Crippen LogP contribution in [-0.2, 0) is 4.74 Å². The normalized spacial score (nSPS) is 25.1. The number of nitrogens with two attached hydrogens (primary N) is 1. The zero-order valence-corrected chi connectivity index (χ0v) is 15.4. The third-order valence-corrected chi connectivity index (χ3v) is 4.99. The first-order valence-electron chi connectivity index (χ1n) is 9.17. The van der Waals surface area contributed by atoms with Crippen molar-refractivity contribution in [3.05, 3.63) is 18.2 Å². The van der Waals surface area contributed by atoms with Gasteiger partial charge in [-0.25, -0.2) is 15.0 Å². The summed E-state index contributed by atoms with van der Waals surface area (Å²) in [6.07, 6.45) is 4.68. The number of nitrogen functional groups attached to an aromatic ring is 1. The lowest BCUT2D eigenvalue weighted by atomic mass is 9.84. The monoisotopic (exact) mass is 374 g/mol. The molecule has 0 spiro atoms. The van der Waals surface area contributed by atoms with Crippen LogP contribution in [0.2, 0.25) is 0 Å². The number of rotatable bonds is 4. The maximum Gasteiger partial charge on any atom is 0.256 e. The number of hydrogen-bond donors (Lipinski definition) is 1. The van der Waals surface area contributed by atoms with Crippen molar-refractivity contribution < 1.29 is 13.9 Å². The molecule has 1 saturated carbocycles. The largest absolute Gasteiger partial charge is 0.472 e. The molecule has 2 aromatic rings. The molecule has 2 N–H and O–H groups in total. The Morgan fingerprint density at radius 2 is 1.96 bits per heavy atom. The molecule has 0 amide bonds. The zero-order valence-electron chi connectivity index (χ0n) is 15.4. The van der Waals surface area contributed by atoms with Gasteiger partial charge < -0.3 is 20.1 Å². The lowest BCUT2D eigenvalue weighted by Crippen LogP contribution is -2.44. The van der Waals surface area contributed by atoms with E-state index in [-0.39, 0.29) is 29.7 Å². The minimum Gasteiger partial charge on any atom is -0.472 e. The van der Waals surface area contributed by atoms with Gasteiger partial charge in [-0.15, -0.1) is 0 Å². The SMILES string of the molecule is CC1CC(Oc2nc(N3CCOC[C@@H]3C)nc(-c3cnc(N)nc3)c2F)C1. The fourth-order valence-corrected chi connectivity index (χ4v) is 3.38. The molecule has 144 valence electrons. The van der Waals surface area contributed by atoms with E-state index in [2.05, 4.69) is 26.9 Å². The van der Waals surface area contributed by atoms with Crippen molar-refractivity contribution in [1.82, 2.24) is 19.9 Å². The minimum atomic E-state index is -0.604. The first-order valence-corrected chi connectivity index (χ1v) is 9.17. The van der Waals surface area contributed by atoms with Crippen LogP contribution in [0.15, 0.2) is 12.4 Å². The first kappa shape index (κ1) is 17.8. The Morgan fingerprint density at radius 1 is 1.22 bits per heavy atom. The lowest BCUT2D eigenvalue weighted by molar-refractivity contribution is 0.0650. The van der Waals surface area contributed by atoms with Crippen LogP contribution >= 0.6 is 0 Å². The van der Waals surface area contributed by atoms with E-state index in [1.807, 2.05) is 11.8 Å². The van der Waals surface area contributed by atoms with Crippen molar-refractivity contribution in [3.63, 3.8) is 0 Å². The molecule has 1 aliphatic carbocycles. The van der Waals surface area contributed by atoms with Gasteiger partial charge in [-0.1, -0.05) is 6.92 Å². The van der Waals surface area contributed by atoms with E-state index >= 15 is 4.39 Å². The second kappa shape index (κ2) is 7.22. The van der Waals surface area contributed by atoms with Crippen LogP contribution in [-0.4, -0.2) is 51.8 Å². The molecule has 2 fully saturated rings. The number of nitrogens with zero attached hydrogens (tertiary/aromatic N) is 5. The molecule has 0 bridgehead atoms. The summed E-state index contributed by atoms with van der Waals surface area (Å²) in [5.41, 5.74) is 6.09. The van der Waals surface area contributed by atoms with E-state index < -0.39 is 5.82 Å². The van der Waals surface area contributed by atoms with Crippen LogP contribution in [0.4, 0.5) is 16.3 Å². The highest BCUT2D eigenvalue weighted by molar-refractivity contribution is 5.61. The number of halogens is 1. The van der Waals surface area contributed by atoms with Crippen molar-refractivity contribution in [1.29, 1.82) is 0 Å². The first-order chi connectivity index (χ1) is 13.0. The van der Waals surface area contributed by atoms with E-state index in [0.29, 0.717) is 37.2 Å². The van der Waals surface area contributed by atoms with Crippen LogP contribution in [0.1, 0.15) is 26.7 Å². The Hall–Kier alpha value is -2.55. The summed E-state index contributed by atoms with van der Waals surface area (Å²) < 4.78 is 26.5. The van der Waals surface area contributed by atoms with Crippen molar-refractivity contribution >= 4 is 11.9 Å². The molecule has 0 aromatic carbocycles. The van der Waals surface area contributed by atoms with Gasteiger partial charge >= 0.3 is 0 Å². The van der Waals surface area contributed by atoms with Crippen molar-refractivity contribution in [3.8, 4) is 17.1 Å². The molecule has 27 heavy (non-hydrogen) atoms. The van der Waals surface area contributed by atoms with Gasteiger partial charge in [-0.05, 0) is 25.7 Å². The quantitative estimate of drug-likeness (QED) is 0.868. The van der Waals surface area contributed by atoms with Gasteiger partial charge in [0.25, 0.3) is 5.88 Å². The highest BCUT2D eigenvalue weighted by Gasteiger charge is 2.31. The van der Waals surface area contributed by atoms with E-state index in [1.165, 1.54) is 12.4 Å². The Morgan fingerprint density at radius 3 is 2.63 bits per heavy atom. The van der Waals surface area contributed by atoms with Crippen LogP contribution in [0, 0.1) is 11.7 Å². The number of morpholine rings is 1. The molecule has 0 radical (unpaired) electrons. The van der Waals surface area contributed by atoms with Crippen molar-refractivity contribution in [2.24, 2.45) is 5.92 Å². The average molecular weight is 374 g/mol. The molecular weight excluding hydrogens is 351 g/mol. The predicted molar refractivity (Wildman–Crippen MR) is 97.9 cm³/mol. The molecule has 2 aromatic heterocycles. The third-order valence-electron chi connectivity index (χ3n) is 4.99. The minimum absolute atomic E-state index is 0.0186. The van der Waals surface area contributed by atoms with Crippen LogP contribution in [0.5, 0.6) is 5.88 Å². The fourth-order valence-electron chi connectivity index (χ4n) is 3.38. The van der Waals surface area contributed by atoms with Gasteiger partial charge in [0.1, 0.15) is 11.8 Å². The summed E-state index contributed by atoms with van der Waals surface area (Å²) in [5.74, 6) is 0.496. The molecule has 8 nitrogen and oxygen atoms in total. The van der Waals surface area contributed by atoms with Crippen LogP contribution in [0.25, 0.3) is 11.3 Å². The van der Waals surface area contributed by atoms with E-state index in [1.54, 1.807) is 0 Å². The third kappa shape index (κ3) is 3.64. The van der Waals surface area contributed by atoms with E-state index in [4.69, 9.17) is 15.2 Å². The second-order valence-electron chi connectivity index (χ2n) is 7.26. The predicted octanol–water partition coefficient (Wildman–Crippen LogP) is 2.06. The van der Waals surface area contributed by atoms with Gasteiger partial charge in [-0.2, -0.15) is 9.37 Å². The lowest BCUT2D eigenvalue weighted by Gasteiger charge is -2.35. The molecule has 0 unspecified atom stereocenters. The van der Waals surface area contributed by atoms with Gasteiger partial charge in [0.05, 0.1) is 19.3 Å². The molecule has 3 heterocycles. The number of anilines is 2. The maximum atomic E-state index is 15.1. The number of ether oxygens (including phenoxy) is 2. The van der Waals surface area contributed by atoms with Gasteiger partial charge in [0.15, 0.2) is 0 Å². The summed E-state index contributed by atoms with van der Waals surface area (Å²) in [5, 5.41) is 0. The Bertz CT molecular complexity index is 812. The van der Waals surface area contributed by atoms with Crippen molar-refractivity contribution in [2.75, 3.05) is 30.4 Å². The van der Waals surface area contributed by atoms with Gasteiger partial charge in [-0.3, -0.25) is 0 Å². The average Bonchev–Trinajstić information content (AvgIpc) is 2.63. The topological polar surface area (TPSA) is 99.3 Å². The molecular formula is C18H23FN6O2. The summed E-state index contributed by atoms with van der Waals surface area (Å²) in [4.78, 5) is 18.7. The number of hydrogen-bond acceptors (Lipinski definition) is 8. The molecule has 9 heteroatoms. The van der Waals surface area contributed by atoms with Crippen LogP contribution < -0.4 is 15.4 Å². The Kier molecular flexibility index (Phi) is 4.77. The van der Waals surface area contributed by atoms with Gasteiger partial charge in [0.2, 0.25) is 17.7 Å². The molecule has 1 aliphatic heterocycles. The smallest absolute Gasteiger partial charge is 0.256 e. The summed E-state index contributed by atoms with van der Waals surface area (Å²) in [7, 11) is 0. The standard InChI is InChI=1S/C18H23FN6O2/c1-10-5-13(6-10)27-16-14(19)15(12-7-21-17(20)22-8-12)23-18(24-16)25-3-4-26-9-11(25)2/h7-8,10-11,13H,3-6,9H2,1-2H3,(H2,20,21,22)/t10?,11-,13?/m0/s1. The summed E-state index contributed by atoms with van der Waals surface area (Å²) >= 11 is 0. The maximum absolute atomic E-state index is 15.1. The highest BCUT2D eigenvalue weighted by atomic mass is 19.1. The van der Waals surface area contributed by atoms with E-state index in [0.717, 1.165) is 12.8 Å². The summed E-state index contributed by atoms with van der Waals surface area (Å²) in [6.45, 7) is 5.93. The Balaban J connectivity index is 1.74. The molecule has 1 atom stereocenters.